The van der Waals surface area contributed by atoms with Crippen LogP contribution in [-0.2, 0) is 23.1 Å². The Bertz CT molecular complexity index is 726. The lowest BCUT2D eigenvalue weighted by atomic mass is 10.4. The Morgan fingerprint density at radius 2 is 1.86 bits per heavy atom. The molecule has 0 unspecified atom stereocenters. The van der Waals surface area contributed by atoms with Crippen LogP contribution in [0.2, 0.25) is 10.0 Å². The van der Waals surface area contributed by atoms with Crippen LogP contribution < -0.4 is 0 Å². The molecule has 0 aliphatic rings. The van der Waals surface area contributed by atoms with Gasteiger partial charge in [-0.15, -0.1) is 0 Å². The fourth-order valence-corrected chi connectivity index (χ4v) is 3.26. The van der Waals surface area contributed by atoms with E-state index in [1.54, 1.807) is 23.0 Å². The van der Waals surface area contributed by atoms with Crippen LogP contribution in [0, 0.1) is 0 Å². The zero-order chi connectivity index (χ0) is 15.6. The van der Waals surface area contributed by atoms with Gasteiger partial charge in [0.15, 0.2) is 0 Å². The van der Waals surface area contributed by atoms with Crippen LogP contribution >= 0.6 is 23.2 Å². The number of aryl methyl sites for hydroxylation is 1. The van der Waals surface area contributed by atoms with E-state index in [0.717, 1.165) is 0 Å². The van der Waals surface area contributed by atoms with E-state index in [1.807, 2.05) is 6.92 Å². The maximum Gasteiger partial charge on any atom is 0.243 e. The molecule has 0 saturated heterocycles. The molecular weight excluding hydrogens is 333 g/mol. The van der Waals surface area contributed by atoms with Crippen molar-refractivity contribution >= 4 is 33.2 Å². The van der Waals surface area contributed by atoms with E-state index in [4.69, 9.17) is 23.2 Å². The molecule has 0 bridgehead atoms. The highest BCUT2D eigenvalue weighted by Gasteiger charge is 2.22. The molecule has 0 fully saturated rings. The first kappa shape index (κ1) is 16.3. The van der Waals surface area contributed by atoms with Crippen LogP contribution in [0.3, 0.4) is 0 Å². The van der Waals surface area contributed by atoms with E-state index in [2.05, 4.69) is 5.10 Å². The fraction of sp³-hybridized carbons (Fsp3) is 0.308. The van der Waals surface area contributed by atoms with Crippen molar-refractivity contribution in [3.05, 3.63) is 46.2 Å². The predicted molar refractivity (Wildman–Crippen MR) is 83.0 cm³/mol. The summed E-state index contributed by atoms with van der Waals surface area (Å²) < 4.78 is 27.8. The molecule has 0 saturated carbocycles. The van der Waals surface area contributed by atoms with Crippen molar-refractivity contribution in [3.63, 3.8) is 0 Å². The summed E-state index contributed by atoms with van der Waals surface area (Å²) in [6.07, 6.45) is 1.68. The Morgan fingerprint density at radius 1 is 1.24 bits per heavy atom. The summed E-state index contributed by atoms with van der Waals surface area (Å²) in [6, 6.07) is 6.03. The molecule has 21 heavy (non-hydrogen) atoms. The Labute approximate surface area is 134 Å². The van der Waals surface area contributed by atoms with Gasteiger partial charge in [-0.2, -0.15) is 9.40 Å². The van der Waals surface area contributed by atoms with E-state index in [-0.39, 0.29) is 11.4 Å². The van der Waals surface area contributed by atoms with Gasteiger partial charge in [-0.25, -0.2) is 8.42 Å². The van der Waals surface area contributed by atoms with Crippen molar-refractivity contribution in [2.24, 2.45) is 0 Å². The third kappa shape index (κ3) is 3.58. The van der Waals surface area contributed by atoms with Crippen LogP contribution in [0.1, 0.15) is 12.6 Å². The van der Waals surface area contributed by atoms with Gasteiger partial charge in [-0.3, -0.25) is 4.68 Å². The molecule has 0 amide bonds. The zero-order valence-corrected chi connectivity index (χ0v) is 14.0. The van der Waals surface area contributed by atoms with Crippen molar-refractivity contribution < 1.29 is 8.42 Å². The minimum Gasteiger partial charge on any atom is -0.271 e. The van der Waals surface area contributed by atoms with E-state index in [0.29, 0.717) is 22.3 Å². The van der Waals surface area contributed by atoms with Gasteiger partial charge in [0.2, 0.25) is 10.0 Å². The average molecular weight is 348 g/mol. The number of rotatable bonds is 5. The van der Waals surface area contributed by atoms with Crippen molar-refractivity contribution in [2.45, 2.75) is 24.9 Å². The van der Waals surface area contributed by atoms with Gasteiger partial charge in [0.05, 0.1) is 22.2 Å². The highest BCUT2D eigenvalue weighted by Crippen LogP contribution is 2.21. The smallest absolute Gasteiger partial charge is 0.243 e. The molecule has 8 heteroatoms. The standard InChI is InChI=1S/C13H15Cl2N3O2S/c1-3-18-8-12(15)13(16-18)9-17(2)21(19,20)11-6-4-10(14)5-7-11/h4-8H,3,9H2,1-2H3. The number of sulfonamides is 1. The maximum absolute atomic E-state index is 12.4. The summed E-state index contributed by atoms with van der Waals surface area (Å²) >= 11 is 11.8. The quantitative estimate of drug-likeness (QED) is 0.835. The van der Waals surface area contributed by atoms with Gasteiger partial charge in [-0.1, -0.05) is 23.2 Å². The van der Waals surface area contributed by atoms with Crippen LogP contribution in [0.25, 0.3) is 0 Å². The molecule has 2 aromatic rings. The van der Waals surface area contributed by atoms with Gasteiger partial charge in [0.25, 0.3) is 0 Å². The van der Waals surface area contributed by atoms with Crippen molar-refractivity contribution in [3.8, 4) is 0 Å². The molecule has 2 rings (SSSR count). The van der Waals surface area contributed by atoms with E-state index in [9.17, 15) is 8.42 Å². The Kier molecular flexibility index (Phi) is 4.93. The summed E-state index contributed by atoms with van der Waals surface area (Å²) in [7, 11) is -2.11. The Morgan fingerprint density at radius 3 is 2.38 bits per heavy atom. The van der Waals surface area contributed by atoms with Crippen LogP contribution in [0.5, 0.6) is 0 Å². The maximum atomic E-state index is 12.4. The average Bonchev–Trinajstić information content (AvgIpc) is 2.80. The lowest BCUT2D eigenvalue weighted by Gasteiger charge is -2.16. The normalized spacial score (nSPS) is 12.0. The zero-order valence-electron chi connectivity index (χ0n) is 11.6. The highest BCUT2D eigenvalue weighted by atomic mass is 35.5. The second-order valence-electron chi connectivity index (χ2n) is 4.49. The number of halogens is 2. The van der Waals surface area contributed by atoms with Crippen molar-refractivity contribution in [1.29, 1.82) is 0 Å². The minimum absolute atomic E-state index is 0.108. The van der Waals surface area contributed by atoms with Gasteiger partial charge in [0, 0.05) is 24.8 Å². The van der Waals surface area contributed by atoms with E-state index < -0.39 is 10.0 Å². The fourth-order valence-electron chi connectivity index (χ4n) is 1.79. The summed E-state index contributed by atoms with van der Waals surface area (Å²) in [6.45, 7) is 2.71. The van der Waals surface area contributed by atoms with Crippen molar-refractivity contribution in [2.75, 3.05) is 7.05 Å². The molecule has 0 atom stereocenters. The Hall–Kier alpha value is -1.08. The highest BCUT2D eigenvalue weighted by molar-refractivity contribution is 7.89. The number of hydrogen-bond donors (Lipinski definition) is 0. The first-order chi connectivity index (χ1) is 9.84. The molecule has 1 heterocycles. The summed E-state index contributed by atoms with van der Waals surface area (Å²) in [5.74, 6) is 0. The molecule has 0 spiro atoms. The Balaban J connectivity index is 2.24. The molecule has 0 aliphatic heterocycles. The van der Waals surface area contributed by atoms with Gasteiger partial charge < -0.3 is 0 Å². The summed E-state index contributed by atoms with van der Waals surface area (Å²) in [5.41, 5.74) is 0.526. The van der Waals surface area contributed by atoms with Crippen LogP contribution in [-0.4, -0.2) is 29.6 Å². The molecular formula is C13H15Cl2N3O2S. The lowest BCUT2D eigenvalue weighted by molar-refractivity contribution is 0.458. The lowest BCUT2D eigenvalue weighted by Crippen LogP contribution is -2.26. The minimum atomic E-state index is -3.60. The largest absolute Gasteiger partial charge is 0.271 e. The van der Waals surface area contributed by atoms with Crippen LogP contribution in [0.4, 0.5) is 0 Å². The molecule has 1 aromatic heterocycles. The molecule has 5 nitrogen and oxygen atoms in total. The number of aromatic nitrogens is 2. The SMILES string of the molecule is CCn1cc(Cl)c(CN(C)S(=O)(=O)c2ccc(Cl)cc2)n1. The number of benzene rings is 1. The molecule has 0 aliphatic carbocycles. The monoisotopic (exact) mass is 347 g/mol. The second-order valence-corrected chi connectivity index (χ2v) is 7.38. The van der Waals surface area contributed by atoms with Gasteiger partial charge in [0.1, 0.15) is 0 Å². The molecule has 0 radical (unpaired) electrons. The molecule has 0 N–H and O–H groups in total. The van der Waals surface area contributed by atoms with E-state index >= 15 is 0 Å². The topological polar surface area (TPSA) is 55.2 Å². The first-order valence-electron chi connectivity index (χ1n) is 6.28. The molecule has 114 valence electrons. The summed E-state index contributed by atoms with van der Waals surface area (Å²) in [5, 5.41) is 5.19. The summed E-state index contributed by atoms with van der Waals surface area (Å²) in [4.78, 5) is 0.181. The van der Waals surface area contributed by atoms with Gasteiger partial charge in [-0.05, 0) is 31.2 Å². The van der Waals surface area contributed by atoms with E-state index in [1.165, 1.54) is 23.5 Å². The number of nitrogens with zero attached hydrogens (tertiary/aromatic N) is 3. The third-order valence-electron chi connectivity index (χ3n) is 3.01. The van der Waals surface area contributed by atoms with Gasteiger partial charge >= 0.3 is 0 Å². The van der Waals surface area contributed by atoms with Crippen LogP contribution in [0.15, 0.2) is 35.4 Å². The second kappa shape index (κ2) is 6.36. The first-order valence-corrected chi connectivity index (χ1v) is 8.48. The van der Waals surface area contributed by atoms with Crippen molar-refractivity contribution in [1.82, 2.24) is 14.1 Å². The predicted octanol–water partition coefficient (Wildman–Crippen LogP) is 3.03. The number of hydrogen-bond acceptors (Lipinski definition) is 3. The third-order valence-corrected chi connectivity index (χ3v) is 5.39. The molecule has 1 aromatic carbocycles.